The highest BCUT2D eigenvalue weighted by molar-refractivity contribution is 7.93. The van der Waals surface area contributed by atoms with Gasteiger partial charge in [-0.3, -0.25) is 13.9 Å². The summed E-state index contributed by atoms with van der Waals surface area (Å²) < 4.78 is 109. The number of carbonyl (C=O) groups is 2. The SMILES string of the molecule is COc1ccc(S(=O)(=O)N(CC(=O)NS(=O)(=O)c2cccc(OC)c2)c2cccc3c2CCN3C(C(=O)NS(=O)(=O)c2ccc(C)cc2OC)c2cccc(OC)c2)cc1. The first-order valence-corrected chi connectivity index (χ1v) is 22.5. The first kappa shape index (κ1) is 43.3. The lowest BCUT2D eigenvalue weighted by molar-refractivity contribution is -0.121. The topological polar surface area (TPSA) is 204 Å². The van der Waals surface area contributed by atoms with E-state index in [2.05, 4.69) is 4.72 Å². The van der Waals surface area contributed by atoms with Gasteiger partial charge in [-0.15, -0.1) is 0 Å². The van der Waals surface area contributed by atoms with E-state index in [1.165, 1.54) is 101 Å². The van der Waals surface area contributed by atoms with Crippen LogP contribution in [0.3, 0.4) is 0 Å². The molecular formula is C41H42N4O12S3. The molecule has 0 aliphatic carbocycles. The van der Waals surface area contributed by atoms with Crippen LogP contribution in [0.4, 0.5) is 11.4 Å². The van der Waals surface area contributed by atoms with Crippen LogP contribution in [0.1, 0.15) is 22.7 Å². The summed E-state index contributed by atoms with van der Waals surface area (Å²) in [4.78, 5) is 28.9. The predicted octanol–water partition coefficient (Wildman–Crippen LogP) is 4.34. The fourth-order valence-corrected chi connectivity index (χ4v) is 10.4. The number of benzene rings is 5. The number of rotatable bonds is 16. The van der Waals surface area contributed by atoms with Gasteiger partial charge < -0.3 is 23.8 Å². The Morgan fingerprint density at radius 1 is 0.683 bits per heavy atom. The third kappa shape index (κ3) is 8.97. The number of nitrogens with zero attached hydrogens (tertiary/aromatic N) is 2. The summed E-state index contributed by atoms with van der Waals surface area (Å²) in [5.41, 5.74) is 1.82. The molecule has 5 aromatic carbocycles. The van der Waals surface area contributed by atoms with Gasteiger partial charge in [-0.05, 0) is 97.3 Å². The van der Waals surface area contributed by atoms with Gasteiger partial charge in [0.2, 0.25) is 0 Å². The maximum absolute atomic E-state index is 14.5. The average Bonchev–Trinajstić information content (AvgIpc) is 3.66. The molecule has 1 unspecified atom stereocenters. The van der Waals surface area contributed by atoms with Crippen molar-refractivity contribution in [1.29, 1.82) is 0 Å². The summed E-state index contributed by atoms with van der Waals surface area (Å²) >= 11 is 0. The number of nitrogens with one attached hydrogen (secondary N) is 2. The molecule has 1 aliphatic rings. The highest BCUT2D eigenvalue weighted by Crippen LogP contribution is 2.42. The quantitative estimate of drug-likeness (QED) is 0.142. The van der Waals surface area contributed by atoms with Crippen molar-refractivity contribution in [3.05, 3.63) is 126 Å². The van der Waals surface area contributed by atoms with Crippen LogP contribution in [-0.4, -0.2) is 78.6 Å². The Balaban J connectivity index is 1.43. The van der Waals surface area contributed by atoms with Crippen molar-refractivity contribution in [1.82, 2.24) is 9.44 Å². The van der Waals surface area contributed by atoms with Crippen molar-refractivity contribution in [2.24, 2.45) is 0 Å². The zero-order chi connectivity index (χ0) is 43.4. The highest BCUT2D eigenvalue weighted by Gasteiger charge is 2.39. The monoisotopic (exact) mass is 878 g/mol. The number of fused-ring (bicyclic) bond motifs is 1. The largest absolute Gasteiger partial charge is 0.497 e. The Bertz CT molecular complexity index is 2760. The standard InChI is InChI=1S/C41H42N4O12S3/c1-27-15-20-38(37(23-27)57-5)59(50,51)43-41(47)40(28-9-6-10-30(24-28)55-3)44-22-21-34-35(44)13-8-14-36(34)45(60(52,53)32-18-16-29(54-2)17-19-32)26-39(46)42-58(48,49)33-12-7-11-31(25-33)56-4/h6-20,23-25,40H,21-22,26H2,1-5H3,(H,42,46)(H,43,47). The van der Waals surface area contributed by atoms with E-state index < -0.39 is 54.5 Å². The zero-order valence-corrected chi connectivity index (χ0v) is 35.6. The Kier molecular flexibility index (Phi) is 12.6. The second-order valence-corrected chi connectivity index (χ2v) is 18.6. The molecule has 0 saturated carbocycles. The summed E-state index contributed by atoms with van der Waals surface area (Å²) in [6.07, 6.45) is 0.121. The number of anilines is 2. The van der Waals surface area contributed by atoms with Gasteiger partial charge in [0, 0.05) is 23.9 Å². The predicted molar refractivity (Wildman–Crippen MR) is 222 cm³/mol. The van der Waals surface area contributed by atoms with Crippen LogP contribution < -0.4 is 37.6 Å². The first-order chi connectivity index (χ1) is 28.5. The lowest BCUT2D eigenvalue weighted by atomic mass is 10.0. The van der Waals surface area contributed by atoms with Gasteiger partial charge in [0.25, 0.3) is 41.9 Å². The minimum Gasteiger partial charge on any atom is -0.497 e. The van der Waals surface area contributed by atoms with Crippen LogP contribution in [0.15, 0.2) is 124 Å². The maximum atomic E-state index is 14.5. The van der Waals surface area contributed by atoms with E-state index >= 15 is 0 Å². The minimum absolute atomic E-state index is 0.0153. The smallest absolute Gasteiger partial charge is 0.267 e. The molecule has 19 heteroatoms. The molecule has 5 aromatic rings. The fraction of sp³-hybridized carbons (Fsp3) is 0.220. The van der Waals surface area contributed by atoms with E-state index in [1.54, 1.807) is 48.2 Å². The van der Waals surface area contributed by atoms with Gasteiger partial charge in [0.15, 0.2) is 0 Å². The summed E-state index contributed by atoms with van der Waals surface area (Å²) in [5.74, 6) is -1.12. The Labute approximate surface area is 348 Å². The van der Waals surface area contributed by atoms with Gasteiger partial charge in [0.1, 0.15) is 40.5 Å². The van der Waals surface area contributed by atoms with Crippen LogP contribution >= 0.6 is 0 Å². The van der Waals surface area contributed by atoms with E-state index in [0.29, 0.717) is 28.3 Å². The lowest BCUT2D eigenvalue weighted by Gasteiger charge is -2.31. The number of sulfonamides is 3. The number of methoxy groups -OCH3 is 4. The van der Waals surface area contributed by atoms with Crippen molar-refractivity contribution < 1.29 is 53.8 Å². The molecule has 316 valence electrons. The lowest BCUT2D eigenvalue weighted by Crippen LogP contribution is -2.43. The molecule has 1 heterocycles. The Morgan fingerprint density at radius 3 is 2.00 bits per heavy atom. The van der Waals surface area contributed by atoms with Gasteiger partial charge in [-0.25, -0.2) is 34.7 Å². The van der Waals surface area contributed by atoms with Gasteiger partial charge in [-0.1, -0.05) is 30.3 Å². The normalized spacial score (nSPS) is 13.1. The number of ether oxygens (including phenoxy) is 4. The number of aryl methyl sites for hydroxylation is 1. The van der Waals surface area contributed by atoms with Crippen LogP contribution in [0.5, 0.6) is 23.0 Å². The van der Waals surface area contributed by atoms with Crippen LogP contribution in [-0.2, 0) is 46.1 Å². The maximum Gasteiger partial charge on any atom is 0.267 e. The van der Waals surface area contributed by atoms with Gasteiger partial charge in [-0.2, -0.15) is 0 Å². The second-order valence-electron chi connectivity index (χ2n) is 13.4. The average molecular weight is 879 g/mol. The van der Waals surface area contributed by atoms with Gasteiger partial charge in [0.05, 0.1) is 43.9 Å². The van der Waals surface area contributed by atoms with Crippen molar-refractivity contribution in [2.45, 2.75) is 34.1 Å². The van der Waals surface area contributed by atoms with E-state index in [4.69, 9.17) is 18.9 Å². The minimum atomic E-state index is -4.61. The summed E-state index contributed by atoms with van der Waals surface area (Å²) in [6.45, 7) is 0.863. The third-order valence-electron chi connectivity index (χ3n) is 9.65. The summed E-state index contributed by atoms with van der Waals surface area (Å²) in [6, 6.07) is 25.0. The Hall–Kier alpha value is -6.31. The third-order valence-corrected chi connectivity index (χ3v) is 14.2. The first-order valence-electron chi connectivity index (χ1n) is 18.1. The number of carbonyl (C=O) groups excluding carboxylic acids is 2. The Morgan fingerprint density at radius 2 is 1.33 bits per heavy atom. The molecule has 6 rings (SSSR count). The zero-order valence-electron chi connectivity index (χ0n) is 33.1. The van der Waals surface area contributed by atoms with E-state index in [1.807, 2.05) is 4.72 Å². The molecule has 16 nitrogen and oxygen atoms in total. The number of amides is 2. The molecule has 0 saturated heterocycles. The molecule has 60 heavy (non-hydrogen) atoms. The molecule has 1 atom stereocenters. The second kappa shape index (κ2) is 17.5. The fourth-order valence-electron chi connectivity index (χ4n) is 6.78. The van der Waals surface area contributed by atoms with Crippen LogP contribution in [0, 0.1) is 6.92 Å². The van der Waals surface area contributed by atoms with Crippen molar-refractivity contribution >= 4 is 53.3 Å². The summed E-state index contributed by atoms with van der Waals surface area (Å²) in [7, 11) is -8.09. The summed E-state index contributed by atoms with van der Waals surface area (Å²) in [5, 5.41) is 0. The molecule has 0 aromatic heterocycles. The van der Waals surface area contributed by atoms with Crippen LogP contribution in [0.2, 0.25) is 0 Å². The van der Waals surface area contributed by atoms with Gasteiger partial charge >= 0.3 is 0 Å². The molecule has 1 aliphatic heterocycles. The number of hydrogen-bond donors (Lipinski definition) is 2. The van der Waals surface area contributed by atoms with Crippen molar-refractivity contribution in [3.63, 3.8) is 0 Å². The molecule has 0 bridgehead atoms. The van der Waals surface area contributed by atoms with E-state index in [-0.39, 0.29) is 44.8 Å². The van der Waals surface area contributed by atoms with E-state index in [0.717, 1.165) is 9.87 Å². The molecule has 0 fully saturated rings. The van der Waals surface area contributed by atoms with Crippen LogP contribution in [0.25, 0.3) is 0 Å². The highest BCUT2D eigenvalue weighted by atomic mass is 32.2. The molecule has 2 N–H and O–H groups in total. The van der Waals surface area contributed by atoms with Crippen molar-refractivity contribution in [3.8, 4) is 23.0 Å². The number of hydrogen-bond acceptors (Lipinski definition) is 13. The molecule has 0 spiro atoms. The molecule has 2 amide bonds. The molecule has 0 radical (unpaired) electrons. The molecular weight excluding hydrogens is 837 g/mol. The van der Waals surface area contributed by atoms with Crippen molar-refractivity contribution in [2.75, 3.05) is 50.7 Å². The van der Waals surface area contributed by atoms with E-state index in [9.17, 15) is 34.8 Å².